The minimum Gasteiger partial charge on any atom is -0.444 e. The molecule has 2 aromatic carbocycles. The first-order valence-corrected chi connectivity index (χ1v) is 14.2. The molecule has 4 aromatic rings. The molecule has 0 spiro atoms. The number of nitrogens with one attached hydrogen (secondary N) is 2. The lowest BCUT2D eigenvalue weighted by atomic mass is 10.0. The van der Waals surface area contributed by atoms with Gasteiger partial charge in [0.15, 0.2) is 0 Å². The smallest absolute Gasteiger partial charge is 0.416 e. The summed E-state index contributed by atoms with van der Waals surface area (Å²) in [6, 6.07) is 14.7. The summed E-state index contributed by atoms with van der Waals surface area (Å²) in [6.45, 7) is 6.64. The lowest BCUT2D eigenvalue weighted by molar-refractivity contribution is -0.137. The summed E-state index contributed by atoms with van der Waals surface area (Å²) in [7, 11) is 0. The van der Waals surface area contributed by atoms with Crippen molar-refractivity contribution in [2.24, 2.45) is 0 Å². The molecule has 1 saturated heterocycles. The molecular formula is C32H33F3N6O3. The van der Waals surface area contributed by atoms with Crippen LogP contribution < -0.4 is 10.6 Å². The molecule has 12 heteroatoms. The summed E-state index contributed by atoms with van der Waals surface area (Å²) in [5.41, 5.74) is 2.62. The van der Waals surface area contributed by atoms with E-state index in [0.717, 1.165) is 28.8 Å². The summed E-state index contributed by atoms with van der Waals surface area (Å²) in [4.78, 5) is 31.1. The average molecular weight is 607 g/mol. The van der Waals surface area contributed by atoms with Crippen LogP contribution >= 0.6 is 0 Å². The van der Waals surface area contributed by atoms with Crippen LogP contribution in [-0.4, -0.2) is 50.5 Å². The minimum absolute atomic E-state index is 0.0684. The molecule has 9 nitrogen and oxygen atoms in total. The van der Waals surface area contributed by atoms with E-state index < -0.39 is 23.4 Å². The molecule has 44 heavy (non-hydrogen) atoms. The number of likely N-dealkylation sites (tertiary alicyclic amines) is 1. The molecule has 0 saturated carbocycles. The average Bonchev–Trinajstić information content (AvgIpc) is 3.42. The van der Waals surface area contributed by atoms with Gasteiger partial charge >= 0.3 is 18.3 Å². The molecule has 3 heterocycles. The number of rotatable bonds is 5. The molecule has 5 rings (SSSR count). The summed E-state index contributed by atoms with van der Waals surface area (Å²) in [5, 5.41) is 10.3. The van der Waals surface area contributed by atoms with Crippen LogP contribution in [0.3, 0.4) is 0 Å². The van der Waals surface area contributed by atoms with Gasteiger partial charge in [-0.15, -0.1) is 0 Å². The summed E-state index contributed by atoms with van der Waals surface area (Å²) >= 11 is 0. The van der Waals surface area contributed by atoms with Crippen molar-refractivity contribution in [3.63, 3.8) is 0 Å². The number of urea groups is 1. The Morgan fingerprint density at radius 3 is 2.18 bits per heavy atom. The highest BCUT2D eigenvalue weighted by molar-refractivity contribution is 6.00. The number of amides is 3. The van der Waals surface area contributed by atoms with Gasteiger partial charge in [0.2, 0.25) is 0 Å². The topological polar surface area (TPSA) is 101 Å². The molecule has 1 aliphatic rings. The number of halogens is 3. The van der Waals surface area contributed by atoms with E-state index in [0.29, 0.717) is 37.3 Å². The first-order chi connectivity index (χ1) is 20.9. The SMILES string of the molecule is CC(C)(C)OC(=O)N1CCC(n2cc(-c3ccncc3)c(-c3cccc(NC(=O)Nc4ccc(C(F)(F)F)cc4)c3)n2)CC1. The molecular weight excluding hydrogens is 573 g/mol. The zero-order valence-electron chi connectivity index (χ0n) is 24.6. The van der Waals surface area contributed by atoms with Crippen molar-refractivity contribution in [3.8, 4) is 22.4 Å². The fourth-order valence-corrected chi connectivity index (χ4v) is 4.95. The molecule has 0 unspecified atom stereocenters. The van der Waals surface area contributed by atoms with E-state index in [1.54, 1.807) is 35.5 Å². The van der Waals surface area contributed by atoms with Gasteiger partial charge in [0.25, 0.3) is 0 Å². The number of ether oxygens (including phenoxy) is 1. The van der Waals surface area contributed by atoms with E-state index >= 15 is 0 Å². The third-order valence-electron chi connectivity index (χ3n) is 7.08. The Hall–Kier alpha value is -4.87. The van der Waals surface area contributed by atoms with Crippen molar-refractivity contribution < 1.29 is 27.5 Å². The Kier molecular flexibility index (Phi) is 8.61. The number of hydrogen-bond acceptors (Lipinski definition) is 5. The predicted octanol–water partition coefficient (Wildman–Crippen LogP) is 7.85. The van der Waals surface area contributed by atoms with E-state index in [9.17, 15) is 22.8 Å². The highest BCUT2D eigenvalue weighted by atomic mass is 19.4. The van der Waals surface area contributed by atoms with Gasteiger partial charge in [-0.05, 0) is 87.7 Å². The maximum Gasteiger partial charge on any atom is 0.416 e. The van der Waals surface area contributed by atoms with Crippen LogP contribution in [0, 0.1) is 0 Å². The first-order valence-electron chi connectivity index (χ1n) is 14.2. The van der Waals surface area contributed by atoms with E-state index in [1.807, 2.05) is 49.8 Å². The second-order valence-electron chi connectivity index (χ2n) is 11.5. The summed E-state index contributed by atoms with van der Waals surface area (Å²) in [6.07, 6.45) is 2.06. The van der Waals surface area contributed by atoms with E-state index in [4.69, 9.17) is 9.84 Å². The van der Waals surface area contributed by atoms with Crippen molar-refractivity contribution in [1.29, 1.82) is 0 Å². The fourth-order valence-electron chi connectivity index (χ4n) is 4.95. The maximum absolute atomic E-state index is 12.9. The third-order valence-corrected chi connectivity index (χ3v) is 7.08. The van der Waals surface area contributed by atoms with Gasteiger partial charge < -0.3 is 20.3 Å². The molecule has 0 radical (unpaired) electrons. The highest BCUT2D eigenvalue weighted by Crippen LogP contribution is 2.35. The van der Waals surface area contributed by atoms with Gasteiger partial charge in [0.1, 0.15) is 11.3 Å². The molecule has 0 aliphatic carbocycles. The molecule has 1 aliphatic heterocycles. The highest BCUT2D eigenvalue weighted by Gasteiger charge is 2.30. The molecule has 230 valence electrons. The van der Waals surface area contributed by atoms with Crippen molar-refractivity contribution in [2.75, 3.05) is 23.7 Å². The number of nitrogens with zero attached hydrogens (tertiary/aromatic N) is 4. The Bertz CT molecular complexity index is 1610. The number of hydrogen-bond donors (Lipinski definition) is 2. The Morgan fingerprint density at radius 1 is 0.886 bits per heavy atom. The number of anilines is 2. The van der Waals surface area contributed by atoms with Crippen LogP contribution in [0.5, 0.6) is 0 Å². The molecule has 3 amide bonds. The van der Waals surface area contributed by atoms with Gasteiger partial charge in [0.05, 0.1) is 11.6 Å². The lowest BCUT2D eigenvalue weighted by Crippen LogP contribution is -2.42. The van der Waals surface area contributed by atoms with Crippen LogP contribution in [0.1, 0.15) is 45.2 Å². The zero-order chi connectivity index (χ0) is 31.5. The quantitative estimate of drug-likeness (QED) is 0.241. The van der Waals surface area contributed by atoms with Crippen LogP contribution in [0.4, 0.5) is 34.1 Å². The molecule has 2 N–H and O–H groups in total. The normalized spacial score (nSPS) is 14.3. The maximum atomic E-state index is 12.9. The number of carbonyl (C=O) groups is 2. The van der Waals surface area contributed by atoms with Crippen molar-refractivity contribution >= 4 is 23.5 Å². The second kappa shape index (κ2) is 12.4. The van der Waals surface area contributed by atoms with E-state index in [-0.39, 0.29) is 17.8 Å². The molecule has 0 atom stereocenters. The number of pyridine rings is 1. The Balaban J connectivity index is 1.33. The zero-order valence-corrected chi connectivity index (χ0v) is 24.6. The fraction of sp³-hybridized carbons (Fsp3) is 0.312. The number of carbonyl (C=O) groups excluding carboxylic acids is 2. The van der Waals surface area contributed by atoms with Crippen LogP contribution in [-0.2, 0) is 10.9 Å². The minimum atomic E-state index is -4.46. The third kappa shape index (κ3) is 7.55. The monoisotopic (exact) mass is 606 g/mol. The Labute approximate surface area is 253 Å². The number of piperidine rings is 1. The predicted molar refractivity (Wildman–Crippen MR) is 161 cm³/mol. The van der Waals surface area contributed by atoms with Gasteiger partial charge in [-0.3, -0.25) is 9.67 Å². The molecule has 2 aromatic heterocycles. The Morgan fingerprint density at radius 2 is 1.55 bits per heavy atom. The number of aromatic nitrogens is 3. The first kappa shape index (κ1) is 30.6. The van der Waals surface area contributed by atoms with Crippen molar-refractivity contribution in [1.82, 2.24) is 19.7 Å². The van der Waals surface area contributed by atoms with Gasteiger partial charge in [-0.25, -0.2) is 9.59 Å². The van der Waals surface area contributed by atoms with Gasteiger partial charge in [-0.1, -0.05) is 12.1 Å². The van der Waals surface area contributed by atoms with Crippen molar-refractivity contribution in [2.45, 2.75) is 51.4 Å². The second-order valence-corrected chi connectivity index (χ2v) is 11.5. The van der Waals surface area contributed by atoms with E-state index in [2.05, 4.69) is 15.6 Å². The lowest BCUT2D eigenvalue weighted by Gasteiger charge is -2.33. The van der Waals surface area contributed by atoms with Gasteiger partial charge in [0, 0.05) is 54.2 Å². The van der Waals surface area contributed by atoms with Crippen molar-refractivity contribution in [3.05, 3.63) is 84.8 Å². The number of alkyl halides is 3. The van der Waals surface area contributed by atoms with Crippen LogP contribution in [0.25, 0.3) is 22.4 Å². The van der Waals surface area contributed by atoms with Gasteiger partial charge in [-0.2, -0.15) is 18.3 Å². The summed E-state index contributed by atoms with van der Waals surface area (Å²) in [5.74, 6) is 0. The molecule has 1 fully saturated rings. The standard InChI is InChI=1S/C32H33F3N6O3/c1-31(2,3)44-30(43)40-17-13-26(14-18-40)41-20-27(21-11-15-36-16-12-21)28(39-41)22-5-4-6-25(19-22)38-29(42)37-24-9-7-23(8-10-24)32(33,34)35/h4-12,15-16,19-20,26H,13-14,17-18H2,1-3H3,(H2,37,38,42). The molecule has 0 bridgehead atoms. The largest absolute Gasteiger partial charge is 0.444 e. The summed E-state index contributed by atoms with van der Waals surface area (Å²) < 4.78 is 46.0. The van der Waals surface area contributed by atoms with E-state index in [1.165, 1.54) is 12.1 Å². The van der Waals surface area contributed by atoms with Crippen LogP contribution in [0.2, 0.25) is 0 Å². The van der Waals surface area contributed by atoms with Crippen LogP contribution in [0.15, 0.2) is 79.3 Å². The number of benzene rings is 2.